The molecular formula is C20H18N4OS. The van der Waals surface area contributed by atoms with E-state index in [0.717, 1.165) is 22.1 Å². The Bertz CT molecular complexity index is 1120. The summed E-state index contributed by atoms with van der Waals surface area (Å²) in [6, 6.07) is 15.5. The van der Waals surface area contributed by atoms with Crippen LogP contribution >= 0.6 is 11.8 Å². The van der Waals surface area contributed by atoms with Gasteiger partial charge in [0.2, 0.25) is 0 Å². The van der Waals surface area contributed by atoms with Gasteiger partial charge in [-0.05, 0) is 32.9 Å². The minimum Gasteiger partial charge on any atom is -0.293 e. The summed E-state index contributed by atoms with van der Waals surface area (Å²) in [6.45, 7) is 5.77. The van der Waals surface area contributed by atoms with Gasteiger partial charge in [0.15, 0.2) is 16.6 Å². The highest BCUT2D eigenvalue weighted by atomic mass is 32.2. The van der Waals surface area contributed by atoms with Gasteiger partial charge in [-0.2, -0.15) is 4.52 Å². The first kappa shape index (κ1) is 16.7. The van der Waals surface area contributed by atoms with Gasteiger partial charge in [0, 0.05) is 10.9 Å². The molecule has 0 saturated carbocycles. The number of rotatable bonds is 4. The van der Waals surface area contributed by atoms with E-state index in [-0.39, 0.29) is 11.0 Å². The summed E-state index contributed by atoms with van der Waals surface area (Å²) in [7, 11) is 0. The van der Waals surface area contributed by atoms with Crippen molar-refractivity contribution >= 4 is 34.1 Å². The van der Waals surface area contributed by atoms with Crippen LogP contribution in [0.4, 0.5) is 0 Å². The molecule has 0 amide bonds. The number of hydrogen-bond acceptors (Lipinski definition) is 5. The number of carbonyl (C=O) groups is 1. The molecule has 6 heteroatoms. The molecule has 0 aliphatic heterocycles. The van der Waals surface area contributed by atoms with E-state index in [9.17, 15) is 4.79 Å². The minimum absolute atomic E-state index is 0.0787. The molecule has 4 aromatic rings. The van der Waals surface area contributed by atoms with Crippen LogP contribution in [-0.4, -0.2) is 30.6 Å². The van der Waals surface area contributed by atoms with Crippen molar-refractivity contribution in [1.82, 2.24) is 19.6 Å². The normalized spacial score (nSPS) is 12.6. The fourth-order valence-electron chi connectivity index (χ4n) is 2.87. The first-order valence-corrected chi connectivity index (χ1v) is 9.30. The molecule has 1 unspecified atom stereocenters. The topological polar surface area (TPSA) is 60.2 Å². The van der Waals surface area contributed by atoms with Crippen molar-refractivity contribution in [1.29, 1.82) is 0 Å². The lowest BCUT2D eigenvalue weighted by Gasteiger charge is -2.11. The Balaban J connectivity index is 1.73. The van der Waals surface area contributed by atoms with Gasteiger partial charge >= 0.3 is 0 Å². The average Bonchev–Trinajstić information content (AvgIpc) is 3.04. The number of thioether (sulfide) groups is 1. The molecule has 4 rings (SSSR count). The van der Waals surface area contributed by atoms with Gasteiger partial charge < -0.3 is 0 Å². The molecular weight excluding hydrogens is 344 g/mol. The molecule has 0 N–H and O–H groups in total. The van der Waals surface area contributed by atoms with Crippen molar-refractivity contribution in [3.63, 3.8) is 0 Å². The largest absolute Gasteiger partial charge is 0.293 e. The van der Waals surface area contributed by atoms with E-state index in [0.29, 0.717) is 16.5 Å². The highest BCUT2D eigenvalue weighted by Gasteiger charge is 2.20. The number of para-hydroxylation sites is 1. The monoisotopic (exact) mass is 362 g/mol. The third-order valence-corrected chi connectivity index (χ3v) is 5.29. The lowest BCUT2D eigenvalue weighted by Crippen LogP contribution is -2.15. The highest BCUT2D eigenvalue weighted by molar-refractivity contribution is 8.00. The average molecular weight is 362 g/mol. The zero-order valence-electron chi connectivity index (χ0n) is 14.8. The summed E-state index contributed by atoms with van der Waals surface area (Å²) in [5.74, 6) is 0.762. The van der Waals surface area contributed by atoms with Crippen LogP contribution in [0.25, 0.3) is 16.6 Å². The third kappa shape index (κ3) is 2.97. The number of Topliss-reactive ketones (excluding diaryl/α,β-unsaturated/α-hetero) is 1. The SMILES string of the molecule is Cc1ccc(C(=O)C(C)Sc2nc3ccccc3c3nc(C)nn23)cc1. The molecule has 0 radical (unpaired) electrons. The molecule has 26 heavy (non-hydrogen) atoms. The van der Waals surface area contributed by atoms with E-state index in [1.807, 2.05) is 69.3 Å². The maximum Gasteiger partial charge on any atom is 0.192 e. The molecule has 0 aliphatic carbocycles. The molecule has 0 bridgehead atoms. The second kappa shape index (κ2) is 6.53. The Hall–Kier alpha value is -2.73. The van der Waals surface area contributed by atoms with Gasteiger partial charge in [-0.1, -0.05) is 53.7 Å². The summed E-state index contributed by atoms with van der Waals surface area (Å²) in [6.07, 6.45) is 0. The number of aromatic nitrogens is 4. The number of hydrogen-bond donors (Lipinski definition) is 0. The predicted octanol–water partition coefficient (Wildman–Crippen LogP) is 4.26. The second-order valence-electron chi connectivity index (χ2n) is 6.30. The van der Waals surface area contributed by atoms with Gasteiger partial charge in [0.05, 0.1) is 10.8 Å². The van der Waals surface area contributed by atoms with Crippen LogP contribution in [0.3, 0.4) is 0 Å². The molecule has 2 heterocycles. The van der Waals surface area contributed by atoms with E-state index < -0.39 is 0 Å². The standard InChI is InChI=1S/C20H18N4OS/c1-12-8-10-15(11-9-12)18(25)13(2)26-20-22-17-7-5-4-6-16(17)19-21-14(3)23-24(19)20/h4-11,13H,1-3H3. The van der Waals surface area contributed by atoms with Crippen LogP contribution < -0.4 is 0 Å². The molecule has 0 aliphatic rings. The molecule has 130 valence electrons. The maximum atomic E-state index is 12.8. The lowest BCUT2D eigenvalue weighted by molar-refractivity contribution is 0.0994. The number of benzene rings is 2. The molecule has 0 fully saturated rings. The number of ketones is 1. The second-order valence-corrected chi connectivity index (χ2v) is 7.60. The van der Waals surface area contributed by atoms with Crippen LogP contribution in [0.2, 0.25) is 0 Å². The van der Waals surface area contributed by atoms with Gasteiger partial charge in [0.25, 0.3) is 0 Å². The molecule has 2 aromatic carbocycles. The van der Waals surface area contributed by atoms with Crippen LogP contribution in [-0.2, 0) is 0 Å². The van der Waals surface area contributed by atoms with Crippen molar-refractivity contribution in [2.24, 2.45) is 0 Å². The lowest BCUT2D eigenvalue weighted by atomic mass is 10.1. The zero-order valence-corrected chi connectivity index (χ0v) is 15.6. The summed E-state index contributed by atoms with van der Waals surface area (Å²) >= 11 is 1.41. The Morgan fingerprint density at radius 3 is 2.54 bits per heavy atom. The predicted molar refractivity (Wildman–Crippen MR) is 104 cm³/mol. The molecule has 5 nitrogen and oxygen atoms in total. The van der Waals surface area contributed by atoms with Crippen molar-refractivity contribution in [3.05, 3.63) is 65.5 Å². The number of fused-ring (bicyclic) bond motifs is 3. The summed E-state index contributed by atoms with van der Waals surface area (Å²) in [5.41, 5.74) is 3.47. The summed E-state index contributed by atoms with van der Waals surface area (Å²) < 4.78 is 1.74. The van der Waals surface area contributed by atoms with E-state index in [1.165, 1.54) is 11.8 Å². The molecule has 2 aromatic heterocycles. The van der Waals surface area contributed by atoms with E-state index in [1.54, 1.807) is 4.52 Å². The van der Waals surface area contributed by atoms with Gasteiger partial charge in [-0.15, -0.1) is 5.10 Å². The first-order chi connectivity index (χ1) is 12.5. The quantitative estimate of drug-likeness (QED) is 0.308. The van der Waals surface area contributed by atoms with Crippen LogP contribution in [0.1, 0.15) is 28.7 Å². The van der Waals surface area contributed by atoms with Crippen LogP contribution in [0.15, 0.2) is 53.7 Å². The van der Waals surface area contributed by atoms with E-state index in [4.69, 9.17) is 4.98 Å². The van der Waals surface area contributed by atoms with Crippen molar-refractivity contribution < 1.29 is 4.79 Å². The maximum absolute atomic E-state index is 12.8. The Morgan fingerprint density at radius 1 is 1.04 bits per heavy atom. The fraction of sp³-hybridized carbons (Fsp3) is 0.200. The van der Waals surface area contributed by atoms with Crippen molar-refractivity contribution in [3.8, 4) is 0 Å². The van der Waals surface area contributed by atoms with Gasteiger partial charge in [0.1, 0.15) is 5.82 Å². The smallest absolute Gasteiger partial charge is 0.192 e. The zero-order chi connectivity index (χ0) is 18.3. The first-order valence-electron chi connectivity index (χ1n) is 8.42. The van der Waals surface area contributed by atoms with Crippen molar-refractivity contribution in [2.45, 2.75) is 31.2 Å². The van der Waals surface area contributed by atoms with Gasteiger partial charge in [-0.25, -0.2) is 9.97 Å². The third-order valence-electron chi connectivity index (χ3n) is 4.24. The fourth-order valence-corrected chi connectivity index (χ4v) is 3.81. The number of aryl methyl sites for hydroxylation is 2. The molecule has 1 atom stereocenters. The minimum atomic E-state index is -0.279. The number of nitrogens with zero attached hydrogens (tertiary/aromatic N) is 4. The van der Waals surface area contributed by atoms with E-state index >= 15 is 0 Å². The Labute approximate surface area is 155 Å². The highest BCUT2D eigenvalue weighted by Crippen LogP contribution is 2.28. The Kier molecular flexibility index (Phi) is 4.20. The van der Waals surface area contributed by atoms with Crippen LogP contribution in [0.5, 0.6) is 0 Å². The summed E-state index contributed by atoms with van der Waals surface area (Å²) in [4.78, 5) is 22.0. The van der Waals surface area contributed by atoms with Gasteiger partial charge in [-0.3, -0.25) is 4.79 Å². The van der Waals surface area contributed by atoms with Crippen LogP contribution in [0, 0.1) is 13.8 Å². The molecule has 0 spiro atoms. The number of carbonyl (C=O) groups excluding carboxylic acids is 1. The van der Waals surface area contributed by atoms with Crippen molar-refractivity contribution in [2.75, 3.05) is 0 Å². The Morgan fingerprint density at radius 2 is 1.77 bits per heavy atom. The van der Waals surface area contributed by atoms with E-state index in [2.05, 4.69) is 10.1 Å². The molecule has 0 saturated heterocycles. The summed E-state index contributed by atoms with van der Waals surface area (Å²) in [5, 5.41) is 5.82.